The molecule has 62 valence electrons. The molecule has 0 heteroatoms. The highest BCUT2D eigenvalue weighted by Gasteiger charge is 2.14. The molecule has 2 fully saturated rings. The third kappa shape index (κ3) is 1.85. The second kappa shape index (κ2) is 3.42. The van der Waals surface area contributed by atoms with Gasteiger partial charge in [-0.2, -0.15) is 0 Å². The molecule has 11 heavy (non-hydrogen) atoms. The van der Waals surface area contributed by atoms with E-state index in [2.05, 4.69) is 6.08 Å². The van der Waals surface area contributed by atoms with Crippen molar-refractivity contribution < 1.29 is 0 Å². The molecule has 2 rings (SSSR count). The van der Waals surface area contributed by atoms with Crippen LogP contribution in [0.15, 0.2) is 11.6 Å². The Hall–Kier alpha value is -0.260. The predicted molar refractivity (Wildman–Crippen MR) is 48.5 cm³/mol. The van der Waals surface area contributed by atoms with E-state index in [0.717, 1.165) is 5.92 Å². The second-order valence-electron chi connectivity index (χ2n) is 4.08. The highest BCUT2D eigenvalue weighted by molar-refractivity contribution is 5.08. The van der Waals surface area contributed by atoms with Crippen LogP contribution in [0.25, 0.3) is 0 Å². The van der Waals surface area contributed by atoms with Gasteiger partial charge in [0.25, 0.3) is 0 Å². The maximum Gasteiger partial charge on any atom is -0.0231 e. The summed E-state index contributed by atoms with van der Waals surface area (Å²) < 4.78 is 0. The van der Waals surface area contributed by atoms with E-state index in [-0.39, 0.29) is 0 Å². The van der Waals surface area contributed by atoms with E-state index in [1.807, 2.05) is 0 Å². The van der Waals surface area contributed by atoms with Crippen molar-refractivity contribution in [2.45, 2.75) is 51.4 Å². The molecule has 2 saturated carbocycles. The molecule has 0 aliphatic heterocycles. The van der Waals surface area contributed by atoms with Gasteiger partial charge in [-0.15, -0.1) is 0 Å². The molecule has 0 amide bonds. The van der Waals surface area contributed by atoms with Crippen LogP contribution in [0.5, 0.6) is 0 Å². The summed E-state index contributed by atoms with van der Waals surface area (Å²) in [6, 6.07) is 0. The largest absolute Gasteiger partial charge is 0.0822 e. The van der Waals surface area contributed by atoms with Crippen molar-refractivity contribution in [1.82, 2.24) is 0 Å². The molecular formula is C11H18. The van der Waals surface area contributed by atoms with Gasteiger partial charge in [0.1, 0.15) is 0 Å². The van der Waals surface area contributed by atoms with Crippen LogP contribution >= 0.6 is 0 Å². The highest BCUT2D eigenvalue weighted by Crippen LogP contribution is 2.31. The van der Waals surface area contributed by atoms with Gasteiger partial charge in [-0.1, -0.05) is 24.5 Å². The summed E-state index contributed by atoms with van der Waals surface area (Å²) in [4.78, 5) is 0. The molecular weight excluding hydrogens is 132 g/mol. The first kappa shape index (κ1) is 7.39. The summed E-state index contributed by atoms with van der Waals surface area (Å²) in [5.41, 5.74) is 1.77. The van der Waals surface area contributed by atoms with Crippen molar-refractivity contribution in [2.75, 3.05) is 0 Å². The van der Waals surface area contributed by atoms with Crippen molar-refractivity contribution >= 4 is 0 Å². The summed E-state index contributed by atoms with van der Waals surface area (Å²) >= 11 is 0. The minimum Gasteiger partial charge on any atom is -0.0822 e. The average Bonchev–Trinajstić information content (AvgIpc) is 2.60. The molecule has 0 saturated heterocycles. The minimum absolute atomic E-state index is 0.975. The zero-order chi connectivity index (χ0) is 7.52. The van der Waals surface area contributed by atoms with Crippen LogP contribution < -0.4 is 0 Å². The zero-order valence-corrected chi connectivity index (χ0v) is 7.31. The normalized spacial score (nSPS) is 26.4. The van der Waals surface area contributed by atoms with E-state index in [1.54, 1.807) is 5.57 Å². The molecule has 0 atom stereocenters. The maximum atomic E-state index is 2.60. The van der Waals surface area contributed by atoms with Crippen LogP contribution in [-0.4, -0.2) is 0 Å². The van der Waals surface area contributed by atoms with Crippen LogP contribution in [0.4, 0.5) is 0 Å². The molecule has 0 radical (unpaired) electrons. The molecule has 0 aromatic carbocycles. The van der Waals surface area contributed by atoms with Gasteiger partial charge in [0, 0.05) is 0 Å². The fraction of sp³-hybridized carbons (Fsp3) is 0.818. The topological polar surface area (TPSA) is 0 Å². The van der Waals surface area contributed by atoms with Gasteiger partial charge in [-0.25, -0.2) is 0 Å². The Morgan fingerprint density at radius 3 is 2.18 bits per heavy atom. The zero-order valence-electron chi connectivity index (χ0n) is 7.31. The van der Waals surface area contributed by atoms with Crippen molar-refractivity contribution in [3.8, 4) is 0 Å². The average molecular weight is 150 g/mol. The highest BCUT2D eigenvalue weighted by atomic mass is 14.2. The number of hydrogen-bond donors (Lipinski definition) is 0. The summed E-state index contributed by atoms with van der Waals surface area (Å²) in [7, 11) is 0. The molecule has 0 aromatic heterocycles. The Labute approximate surface area is 69.7 Å². The van der Waals surface area contributed by atoms with Crippen LogP contribution in [-0.2, 0) is 0 Å². The third-order valence-electron chi connectivity index (χ3n) is 3.12. The molecule has 2 aliphatic carbocycles. The quantitative estimate of drug-likeness (QED) is 0.500. The molecule has 0 unspecified atom stereocenters. The maximum absolute atomic E-state index is 2.60. The van der Waals surface area contributed by atoms with Crippen LogP contribution in [0.3, 0.4) is 0 Å². The Bertz CT molecular complexity index is 141. The summed E-state index contributed by atoms with van der Waals surface area (Å²) in [5.74, 6) is 0.975. The van der Waals surface area contributed by atoms with Crippen LogP contribution in [0, 0.1) is 5.92 Å². The van der Waals surface area contributed by atoms with Gasteiger partial charge in [0.2, 0.25) is 0 Å². The second-order valence-corrected chi connectivity index (χ2v) is 4.08. The molecule has 0 bridgehead atoms. The lowest BCUT2D eigenvalue weighted by Crippen LogP contribution is -1.88. The monoisotopic (exact) mass is 150 g/mol. The molecule has 0 N–H and O–H groups in total. The minimum atomic E-state index is 0.975. The standard InChI is InChI=1S/C11H18/c1-2-6-10(5-1)9-11-7-3-4-8-11/h9-10H,1-8H2. The van der Waals surface area contributed by atoms with Gasteiger partial charge in [0.15, 0.2) is 0 Å². The van der Waals surface area contributed by atoms with E-state index >= 15 is 0 Å². The number of allylic oxidation sites excluding steroid dienone is 2. The fourth-order valence-corrected chi connectivity index (χ4v) is 2.45. The first-order valence-electron chi connectivity index (χ1n) is 5.15. The summed E-state index contributed by atoms with van der Waals surface area (Å²) in [6.07, 6.45) is 14.2. The fourth-order valence-electron chi connectivity index (χ4n) is 2.45. The Morgan fingerprint density at radius 1 is 0.909 bits per heavy atom. The molecule has 0 aromatic rings. The predicted octanol–water partition coefficient (Wildman–Crippen LogP) is 3.68. The van der Waals surface area contributed by atoms with Crippen LogP contribution in [0.1, 0.15) is 51.4 Å². The van der Waals surface area contributed by atoms with Gasteiger partial charge in [-0.3, -0.25) is 0 Å². The van der Waals surface area contributed by atoms with E-state index in [0.29, 0.717) is 0 Å². The van der Waals surface area contributed by atoms with Gasteiger partial charge < -0.3 is 0 Å². The van der Waals surface area contributed by atoms with Crippen molar-refractivity contribution in [1.29, 1.82) is 0 Å². The van der Waals surface area contributed by atoms with Crippen molar-refractivity contribution in [3.05, 3.63) is 11.6 Å². The first-order chi connectivity index (χ1) is 5.45. The number of rotatable bonds is 1. The molecule has 0 heterocycles. The third-order valence-corrected chi connectivity index (χ3v) is 3.12. The smallest absolute Gasteiger partial charge is 0.0231 e. The lowest BCUT2D eigenvalue weighted by Gasteiger charge is -2.02. The lowest BCUT2D eigenvalue weighted by molar-refractivity contribution is 0.677. The SMILES string of the molecule is C(=C1CCCC1)C1CCCC1. The van der Waals surface area contributed by atoms with Crippen molar-refractivity contribution in [2.24, 2.45) is 5.92 Å². The Morgan fingerprint density at radius 2 is 1.55 bits per heavy atom. The molecule has 0 nitrogen and oxygen atoms in total. The Kier molecular flexibility index (Phi) is 2.30. The summed E-state index contributed by atoms with van der Waals surface area (Å²) in [5, 5.41) is 0. The molecule has 2 aliphatic rings. The lowest BCUT2D eigenvalue weighted by atomic mass is 10.0. The van der Waals surface area contributed by atoms with Gasteiger partial charge in [0.05, 0.1) is 0 Å². The van der Waals surface area contributed by atoms with Crippen molar-refractivity contribution in [3.63, 3.8) is 0 Å². The van der Waals surface area contributed by atoms with Gasteiger partial charge in [-0.05, 0) is 44.4 Å². The van der Waals surface area contributed by atoms with Crippen LogP contribution in [0.2, 0.25) is 0 Å². The molecule has 0 spiro atoms. The first-order valence-corrected chi connectivity index (χ1v) is 5.15. The van der Waals surface area contributed by atoms with E-state index in [1.165, 1.54) is 51.4 Å². The number of hydrogen-bond acceptors (Lipinski definition) is 0. The van der Waals surface area contributed by atoms with E-state index in [9.17, 15) is 0 Å². The van der Waals surface area contributed by atoms with E-state index < -0.39 is 0 Å². The summed E-state index contributed by atoms with van der Waals surface area (Å²) in [6.45, 7) is 0. The van der Waals surface area contributed by atoms with Gasteiger partial charge >= 0.3 is 0 Å². The Balaban J connectivity index is 1.89. The van der Waals surface area contributed by atoms with E-state index in [4.69, 9.17) is 0 Å².